The van der Waals surface area contributed by atoms with Crippen LogP contribution in [0.25, 0.3) is 0 Å². The molecule has 0 saturated heterocycles. The van der Waals surface area contributed by atoms with Crippen molar-refractivity contribution >= 4 is 12.2 Å². The number of hydrogen-bond donors (Lipinski definition) is 1. The van der Waals surface area contributed by atoms with Crippen molar-refractivity contribution in [3.63, 3.8) is 0 Å². The van der Waals surface area contributed by atoms with Crippen LogP contribution in [-0.4, -0.2) is 12.2 Å². The zero-order valence-electron chi connectivity index (χ0n) is 15.5. The first-order valence-electron chi connectivity index (χ1n) is 7.91. The number of allylic oxidation sites excluding steroid dienone is 10. The maximum Gasteiger partial charge on any atom is 0.118 e. The van der Waals surface area contributed by atoms with Crippen LogP contribution in [0.4, 0.5) is 0 Å². The lowest BCUT2D eigenvalue weighted by atomic mass is 10.2. The van der Waals surface area contributed by atoms with Crippen LogP contribution in [0.3, 0.4) is 0 Å². The lowest BCUT2D eigenvalue weighted by Gasteiger charge is -2.06. The number of aliphatic imine (C=N–C) groups is 2. The number of hydrogen-bond acceptors (Lipinski definition) is 1. The third-order valence-electron chi connectivity index (χ3n) is 2.96. The van der Waals surface area contributed by atoms with Gasteiger partial charge >= 0.3 is 0 Å². The van der Waals surface area contributed by atoms with Gasteiger partial charge in [-0.15, -0.1) is 0 Å². The van der Waals surface area contributed by atoms with Gasteiger partial charge in [0.2, 0.25) is 0 Å². The van der Waals surface area contributed by atoms with Crippen LogP contribution in [0.1, 0.15) is 34.6 Å². The Morgan fingerprint density at radius 3 is 2.21 bits per heavy atom. The van der Waals surface area contributed by atoms with Crippen molar-refractivity contribution in [3.05, 3.63) is 84.3 Å². The molecule has 0 aromatic rings. The Morgan fingerprint density at radius 1 is 0.958 bits per heavy atom. The largest absolute Gasteiger partial charge is 0.344 e. The van der Waals surface area contributed by atoms with E-state index >= 15 is 0 Å². The predicted octanol–water partition coefficient (Wildman–Crippen LogP) is 5.65. The molecule has 0 atom stereocenters. The second-order valence-corrected chi connectivity index (χ2v) is 5.13. The molecule has 0 aromatic carbocycles. The fraction of sp³-hybridized carbons (Fsp3) is 0.238. The normalized spacial score (nSPS) is 15.3. The predicted molar refractivity (Wildman–Crippen MR) is 109 cm³/mol. The van der Waals surface area contributed by atoms with Gasteiger partial charge in [0.25, 0.3) is 0 Å². The van der Waals surface area contributed by atoms with Gasteiger partial charge in [-0.2, -0.15) is 0 Å². The highest BCUT2D eigenvalue weighted by atomic mass is 15.0. The van der Waals surface area contributed by atoms with Gasteiger partial charge in [-0.1, -0.05) is 49.1 Å². The van der Waals surface area contributed by atoms with Gasteiger partial charge in [0.05, 0.1) is 5.70 Å². The van der Waals surface area contributed by atoms with E-state index in [0.717, 1.165) is 28.4 Å². The lowest BCUT2D eigenvalue weighted by molar-refractivity contribution is 1.14. The van der Waals surface area contributed by atoms with Crippen molar-refractivity contribution < 1.29 is 0 Å². The molecule has 0 bridgehead atoms. The Morgan fingerprint density at radius 2 is 1.67 bits per heavy atom. The SMILES string of the molecule is C=C/C(C)=C\C(=C/C)NC(C)=NC=N/C(C=C)=C/C=C(C)/C=C/C. The maximum absolute atomic E-state index is 4.30. The molecule has 0 saturated carbocycles. The molecule has 0 aliphatic carbocycles. The van der Waals surface area contributed by atoms with Crippen molar-refractivity contribution in [1.29, 1.82) is 0 Å². The molecule has 0 heterocycles. The molecule has 0 amide bonds. The summed E-state index contributed by atoms with van der Waals surface area (Å²) in [6, 6.07) is 0. The summed E-state index contributed by atoms with van der Waals surface area (Å²) >= 11 is 0. The molecule has 128 valence electrons. The van der Waals surface area contributed by atoms with E-state index in [9.17, 15) is 0 Å². The van der Waals surface area contributed by atoms with E-state index in [0.29, 0.717) is 0 Å². The van der Waals surface area contributed by atoms with Gasteiger partial charge in [0.1, 0.15) is 12.2 Å². The van der Waals surface area contributed by atoms with Crippen molar-refractivity contribution in [2.24, 2.45) is 9.98 Å². The highest BCUT2D eigenvalue weighted by molar-refractivity contribution is 5.88. The van der Waals surface area contributed by atoms with Gasteiger partial charge in [-0.05, 0) is 58.4 Å². The minimum absolute atomic E-state index is 0.754. The van der Waals surface area contributed by atoms with E-state index in [-0.39, 0.29) is 0 Å². The standard InChI is InChI=1S/C21H29N3/c1-8-12-18(6)13-14-20(10-3)23-16-22-19(7)24-21(11-4)15-17(5)9-2/h8-16H,2-3H2,1,4-7H3,(H,22,23,24)/b12-8+,17-15-,18-13+,20-14+,21-11+. The van der Waals surface area contributed by atoms with Crippen LogP contribution in [0, 0.1) is 0 Å². The van der Waals surface area contributed by atoms with Crippen molar-refractivity contribution in [3.8, 4) is 0 Å². The number of nitrogens with one attached hydrogen (secondary N) is 1. The van der Waals surface area contributed by atoms with Gasteiger partial charge in [0, 0.05) is 5.70 Å². The minimum atomic E-state index is 0.754. The quantitative estimate of drug-likeness (QED) is 0.350. The highest BCUT2D eigenvalue weighted by Crippen LogP contribution is 2.02. The van der Waals surface area contributed by atoms with Crippen LogP contribution in [0.2, 0.25) is 0 Å². The first kappa shape index (κ1) is 21.3. The van der Waals surface area contributed by atoms with E-state index in [1.807, 2.05) is 77.2 Å². The molecule has 3 nitrogen and oxygen atoms in total. The molecule has 0 rings (SSSR count). The molecule has 24 heavy (non-hydrogen) atoms. The van der Waals surface area contributed by atoms with E-state index in [1.165, 1.54) is 6.34 Å². The van der Waals surface area contributed by atoms with Crippen LogP contribution in [-0.2, 0) is 0 Å². The topological polar surface area (TPSA) is 36.8 Å². The molecular formula is C21H29N3. The molecule has 0 radical (unpaired) electrons. The summed E-state index contributed by atoms with van der Waals surface area (Å²) in [5, 5.41) is 3.22. The molecule has 0 aliphatic heterocycles. The summed E-state index contributed by atoms with van der Waals surface area (Å²) in [6.45, 7) is 17.4. The monoisotopic (exact) mass is 323 g/mol. The molecule has 0 aromatic heterocycles. The first-order chi connectivity index (χ1) is 11.5. The first-order valence-corrected chi connectivity index (χ1v) is 7.91. The third-order valence-corrected chi connectivity index (χ3v) is 2.96. The molecule has 3 heteroatoms. The summed E-state index contributed by atoms with van der Waals surface area (Å²) in [5.74, 6) is 0.754. The molecule has 0 fully saturated rings. The third kappa shape index (κ3) is 10.1. The van der Waals surface area contributed by atoms with Crippen LogP contribution in [0.5, 0.6) is 0 Å². The number of rotatable bonds is 8. The second kappa shape index (κ2) is 12.8. The Balaban J connectivity index is 4.99. The van der Waals surface area contributed by atoms with E-state index in [4.69, 9.17) is 0 Å². The van der Waals surface area contributed by atoms with E-state index in [2.05, 4.69) is 28.5 Å². The minimum Gasteiger partial charge on any atom is -0.344 e. The van der Waals surface area contributed by atoms with Gasteiger partial charge in [-0.25, -0.2) is 9.98 Å². The fourth-order valence-electron chi connectivity index (χ4n) is 1.62. The second-order valence-electron chi connectivity index (χ2n) is 5.13. The van der Waals surface area contributed by atoms with Crippen LogP contribution >= 0.6 is 0 Å². The number of amidine groups is 1. The summed E-state index contributed by atoms with van der Waals surface area (Å²) in [6.07, 6.45) is 16.9. The average Bonchev–Trinajstić information content (AvgIpc) is 2.57. The zero-order chi connectivity index (χ0) is 18.4. The molecule has 0 spiro atoms. The Bertz CT molecular complexity index is 636. The van der Waals surface area contributed by atoms with Gasteiger partial charge in [-0.3, -0.25) is 0 Å². The average molecular weight is 323 g/mol. The van der Waals surface area contributed by atoms with Crippen molar-refractivity contribution in [1.82, 2.24) is 5.32 Å². The summed E-state index contributed by atoms with van der Waals surface area (Å²) in [7, 11) is 0. The fourth-order valence-corrected chi connectivity index (χ4v) is 1.62. The number of nitrogens with zero attached hydrogens (tertiary/aromatic N) is 2. The molecule has 1 N–H and O–H groups in total. The Kier molecular flexibility index (Phi) is 11.4. The van der Waals surface area contributed by atoms with Crippen LogP contribution in [0.15, 0.2) is 94.3 Å². The van der Waals surface area contributed by atoms with Gasteiger partial charge < -0.3 is 5.32 Å². The van der Waals surface area contributed by atoms with Gasteiger partial charge in [0.15, 0.2) is 0 Å². The van der Waals surface area contributed by atoms with Crippen molar-refractivity contribution in [2.45, 2.75) is 34.6 Å². The lowest BCUT2D eigenvalue weighted by Crippen LogP contribution is -2.18. The summed E-state index contributed by atoms with van der Waals surface area (Å²) in [5.41, 5.74) is 3.95. The Hall–Kier alpha value is -2.68. The van der Waals surface area contributed by atoms with Crippen molar-refractivity contribution in [2.75, 3.05) is 0 Å². The highest BCUT2D eigenvalue weighted by Gasteiger charge is 1.93. The molecule has 0 unspecified atom stereocenters. The van der Waals surface area contributed by atoms with E-state index < -0.39 is 0 Å². The zero-order valence-corrected chi connectivity index (χ0v) is 15.5. The molecular weight excluding hydrogens is 294 g/mol. The van der Waals surface area contributed by atoms with E-state index in [1.54, 1.807) is 6.08 Å². The molecule has 0 aliphatic rings. The summed E-state index contributed by atoms with van der Waals surface area (Å²) in [4.78, 5) is 8.59. The smallest absolute Gasteiger partial charge is 0.118 e. The summed E-state index contributed by atoms with van der Waals surface area (Å²) < 4.78 is 0. The Labute approximate surface area is 147 Å². The maximum atomic E-state index is 4.30. The van der Waals surface area contributed by atoms with Crippen LogP contribution < -0.4 is 5.32 Å².